The van der Waals surface area contributed by atoms with Crippen LogP contribution in [-0.4, -0.2) is 69.1 Å². The number of imidazole rings is 1. The molecule has 1 amide bonds. The lowest BCUT2D eigenvalue weighted by molar-refractivity contribution is 0.0488. The van der Waals surface area contributed by atoms with Crippen LogP contribution in [0.15, 0.2) is 30.3 Å². The van der Waals surface area contributed by atoms with Gasteiger partial charge in [-0.25, -0.2) is 18.6 Å². The molecule has 0 unspecified atom stereocenters. The average molecular weight is 586 g/mol. The number of para-hydroxylation sites is 2. The van der Waals surface area contributed by atoms with Crippen LogP contribution in [0, 0.1) is 5.92 Å². The summed E-state index contributed by atoms with van der Waals surface area (Å²) in [6.07, 6.45) is 0.354. The Bertz CT molecular complexity index is 1400. The predicted octanol–water partition coefficient (Wildman–Crippen LogP) is 5.86. The lowest BCUT2D eigenvalue weighted by atomic mass is 9.86. The number of alkyl carbamates (subject to hydrolysis) is 1. The molecule has 1 aliphatic heterocycles. The Morgan fingerprint density at radius 2 is 1.83 bits per heavy atom. The zero-order chi connectivity index (χ0) is 30.1. The van der Waals surface area contributed by atoms with Crippen molar-refractivity contribution in [1.82, 2.24) is 24.8 Å². The van der Waals surface area contributed by atoms with Crippen LogP contribution >= 0.6 is 0 Å². The first-order valence-electron chi connectivity index (χ1n) is 14.6. The molecule has 3 aromatic rings. The number of morpholine rings is 1. The summed E-state index contributed by atoms with van der Waals surface area (Å²) >= 11 is 0. The predicted molar refractivity (Wildman–Crippen MR) is 157 cm³/mol. The fourth-order valence-electron chi connectivity index (χ4n) is 5.69. The van der Waals surface area contributed by atoms with E-state index in [1.54, 1.807) is 30.3 Å². The molecule has 2 N–H and O–H groups in total. The van der Waals surface area contributed by atoms with Gasteiger partial charge in [0.25, 0.3) is 6.43 Å². The van der Waals surface area contributed by atoms with Crippen molar-refractivity contribution in [3.05, 3.63) is 36.2 Å². The summed E-state index contributed by atoms with van der Waals surface area (Å²) in [5, 5.41) is 6.37. The molecular weight excluding hydrogens is 544 g/mol. The van der Waals surface area contributed by atoms with Crippen LogP contribution in [0.5, 0.6) is 0 Å². The number of halogens is 2. The lowest BCUT2D eigenvalue weighted by Crippen LogP contribution is -2.53. The monoisotopic (exact) mass is 585 g/mol. The summed E-state index contributed by atoms with van der Waals surface area (Å²) in [4.78, 5) is 28.1. The second-order valence-electron chi connectivity index (χ2n) is 12.8. The highest BCUT2D eigenvalue weighted by atomic mass is 19.3. The van der Waals surface area contributed by atoms with Gasteiger partial charge >= 0.3 is 6.09 Å². The average Bonchev–Trinajstić information content (AvgIpc) is 3.31. The summed E-state index contributed by atoms with van der Waals surface area (Å²) in [5.41, 5.74) is 0.156. The molecule has 2 aliphatic rings. The minimum absolute atomic E-state index is 0.0770. The topological polar surface area (TPSA) is 106 Å². The molecule has 1 saturated heterocycles. The van der Waals surface area contributed by atoms with Crippen LogP contribution in [-0.2, 0) is 9.47 Å². The number of amides is 1. The van der Waals surface area contributed by atoms with Crippen molar-refractivity contribution in [3.8, 4) is 5.82 Å². The van der Waals surface area contributed by atoms with Crippen molar-refractivity contribution in [1.29, 1.82) is 0 Å². The summed E-state index contributed by atoms with van der Waals surface area (Å²) in [7, 11) is 0. The van der Waals surface area contributed by atoms with E-state index in [-0.39, 0.29) is 23.5 Å². The molecule has 0 spiro atoms. The van der Waals surface area contributed by atoms with E-state index in [0.29, 0.717) is 60.8 Å². The number of nitrogens with zero attached hydrogens (tertiary/aromatic N) is 5. The van der Waals surface area contributed by atoms with E-state index in [9.17, 15) is 13.6 Å². The van der Waals surface area contributed by atoms with Crippen LogP contribution in [0.2, 0.25) is 0 Å². The number of nitrogens with one attached hydrogen (secondary N) is 2. The summed E-state index contributed by atoms with van der Waals surface area (Å²) in [6, 6.07) is 8.90. The highest BCUT2D eigenvalue weighted by Gasteiger charge is 2.33. The molecule has 2 aromatic heterocycles. The number of anilines is 2. The van der Waals surface area contributed by atoms with Gasteiger partial charge < -0.3 is 25.0 Å². The molecule has 0 bridgehead atoms. The third-order valence-corrected chi connectivity index (χ3v) is 7.75. The quantitative estimate of drug-likeness (QED) is 0.355. The second-order valence-corrected chi connectivity index (χ2v) is 12.8. The molecule has 0 radical (unpaired) electrons. The van der Waals surface area contributed by atoms with Gasteiger partial charge in [0.2, 0.25) is 5.95 Å². The second kappa shape index (κ2) is 12.0. The van der Waals surface area contributed by atoms with Gasteiger partial charge in [0, 0.05) is 25.2 Å². The maximum absolute atomic E-state index is 14.2. The zero-order valence-electron chi connectivity index (χ0n) is 25.0. The molecule has 5 rings (SSSR count). The molecule has 12 heteroatoms. The zero-order valence-corrected chi connectivity index (χ0v) is 25.0. The molecule has 228 valence electrons. The minimum atomic E-state index is -2.78. The van der Waals surface area contributed by atoms with Crippen LogP contribution in [0.4, 0.5) is 25.3 Å². The largest absolute Gasteiger partial charge is 0.444 e. The van der Waals surface area contributed by atoms with Gasteiger partial charge in [-0.2, -0.15) is 9.97 Å². The van der Waals surface area contributed by atoms with Gasteiger partial charge in [0.15, 0.2) is 5.82 Å². The third kappa shape index (κ3) is 6.91. The smallest absolute Gasteiger partial charge is 0.407 e. The first-order valence-corrected chi connectivity index (χ1v) is 14.6. The standard InChI is InChI=1S/C30H41F2N7O3/c1-29(2,3)42-28(40)34-20-12-10-19(11-13-20)17-33-27-36-23(38-14-15-41-18-30(38,4)5)16-24(37-27)39-22-9-7-6-8-21(22)35-26(39)25(31)32/h6-9,16,19-20,25H,10-15,17-18H2,1-5H3,(H,34,40)(H,33,36,37). The van der Waals surface area contributed by atoms with Gasteiger partial charge in [0.05, 0.1) is 29.8 Å². The highest BCUT2D eigenvalue weighted by Crippen LogP contribution is 2.32. The number of ether oxygens (including phenoxy) is 2. The van der Waals surface area contributed by atoms with E-state index in [1.807, 2.05) is 20.8 Å². The Balaban J connectivity index is 1.37. The number of carbonyl (C=O) groups is 1. The number of hydrogen-bond acceptors (Lipinski definition) is 8. The molecule has 42 heavy (non-hydrogen) atoms. The maximum Gasteiger partial charge on any atom is 0.407 e. The van der Waals surface area contributed by atoms with Crippen LogP contribution < -0.4 is 15.5 Å². The van der Waals surface area contributed by atoms with Crippen molar-refractivity contribution >= 4 is 28.9 Å². The number of aromatic nitrogens is 4. The molecular formula is C30H41F2N7O3. The molecule has 3 heterocycles. The van der Waals surface area contributed by atoms with Gasteiger partial charge in [-0.15, -0.1) is 0 Å². The molecule has 0 atom stereocenters. The Hall–Kier alpha value is -3.54. The van der Waals surface area contributed by atoms with Crippen LogP contribution in [0.3, 0.4) is 0 Å². The highest BCUT2D eigenvalue weighted by molar-refractivity contribution is 5.78. The molecule has 10 nitrogen and oxygen atoms in total. The van der Waals surface area contributed by atoms with Crippen molar-refractivity contribution in [2.24, 2.45) is 5.92 Å². The Labute approximate surface area is 245 Å². The van der Waals surface area contributed by atoms with Crippen LogP contribution in [0.1, 0.15) is 72.6 Å². The van der Waals surface area contributed by atoms with Crippen molar-refractivity contribution in [2.75, 3.05) is 36.5 Å². The Morgan fingerprint density at radius 1 is 1.12 bits per heavy atom. The van der Waals surface area contributed by atoms with Gasteiger partial charge in [-0.1, -0.05) is 12.1 Å². The van der Waals surface area contributed by atoms with E-state index >= 15 is 0 Å². The van der Waals surface area contributed by atoms with E-state index in [2.05, 4.69) is 34.4 Å². The number of benzene rings is 1. The summed E-state index contributed by atoms with van der Waals surface area (Å²) in [5.74, 6) is 1.33. The van der Waals surface area contributed by atoms with E-state index < -0.39 is 12.0 Å². The van der Waals surface area contributed by atoms with Gasteiger partial charge in [0.1, 0.15) is 17.2 Å². The van der Waals surface area contributed by atoms with Crippen molar-refractivity contribution in [3.63, 3.8) is 0 Å². The van der Waals surface area contributed by atoms with Crippen LogP contribution in [0.25, 0.3) is 16.9 Å². The number of alkyl halides is 2. The third-order valence-electron chi connectivity index (χ3n) is 7.75. The summed E-state index contributed by atoms with van der Waals surface area (Å²) in [6.45, 7) is 12.0. The SMILES string of the molecule is CC(C)(C)OC(=O)NC1CCC(CNc2nc(N3CCOCC3(C)C)cc(-n3c(C(F)F)nc4ccccc43)n2)CC1. The minimum Gasteiger partial charge on any atom is -0.444 e. The van der Waals surface area contributed by atoms with Crippen molar-refractivity contribution in [2.45, 2.75) is 83.9 Å². The summed E-state index contributed by atoms with van der Waals surface area (Å²) < 4.78 is 41.0. The van der Waals surface area contributed by atoms with Gasteiger partial charge in [-0.05, 0) is 78.4 Å². The Morgan fingerprint density at radius 3 is 2.52 bits per heavy atom. The first-order chi connectivity index (χ1) is 19.9. The maximum atomic E-state index is 14.2. The molecule has 1 aliphatic carbocycles. The number of fused-ring (bicyclic) bond motifs is 1. The lowest BCUT2D eigenvalue weighted by Gasteiger charge is -2.43. The molecule has 1 saturated carbocycles. The normalized spacial score (nSPS) is 21.0. The Kier molecular flexibility index (Phi) is 8.54. The fourth-order valence-corrected chi connectivity index (χ4v) is 5.69. The number of carbonyl (C=O) groups excluding carboxylic acids is 1. The number of hydrogen-bond donors (Lipinski definition) is 2. The van der Waals surface area contributed by atoms with E-state index in [1.165, 1.54) is 4.57 Å². The first kappa shape index (κ1) is 29.9. The fraction of sp³-hybridized carbons (Fsp3) is 0.600. The molecule has 2 fully saturated rings. The number of rotatable bonds is 7. The van der Waals surface area contributed by atoms with Gasteiger partial charge in [-0.3, -0.25) is 4.57 Å². The van der Waals surface area contributed by atoms with E-state index in [4.69, 9.17) is 19.4 Å². The van der Waals surface area contributed by atoms with Crippen molar-refractivity contribution < 1.29 is 23.0 Å². The van der Waals surface area contributed by atoms with E-state index in [0.717, 1.165) is 25.7 Å². The molecule has 1 aromatic carbocycles.